The second-order valence-electron chi connectivity index (χ2n) is 5.60. The molecular formula is C13H21N3O. The lowest BCUT2D eigenvalue weighted by Gasteiger charge is -2.21. The Balaban J connectivity index is 1.49. The van der Waals surface area contributed by atoms with Gasteiger partial charge in [0.05, 0.1) is 0 Å². The van der Waals surface area contributed by atoms with Crippen LogP contribution in [0.2, 0.25) is 0 Å². The summed E-state index contributed by atoms with van der Waals surface area (Å²) < 4.78 is 5.33. The average molecular weight is 235 g/mol. The predicted octanol–water partition coefficient (Wildman–Crippen LogP) is 2.13. The Morgan fingerprint density at radius 2 is 2.12 bits per heavy atom. The van der Waals surface area contributed by atoms with E-state index in [1.54, 1.807) is 0 Å². The molecule has 2 unspecified atom stereocenters. The highest BCUT2D eigenvalue weighted by molar-refractivity contribution is 5.07. The lowest BCUT2D eigenvalue weighted by molar-refractivity contribution is 0.323. The SMILES string of the molecule is CC1CC1c1noc(CCC2CCNCC2)n1. The molecule has 1 aliphatic heterocycles. The minimum atomic E-state index is 0.575. The first-order valence-electron chi connectivity index (χ1n) is 6.86. The molecule has 2 heterocycles. The van der Waals surface area contributed by atoms with E-state index in [-0.39, 0.29) is 0 Å². The summed E-state index contributed by atoms with van der Waals surface area (Å²) in [5.74, 6) is 3.96. The van der Waals surface area contributed by atoms with Gasteiger partial charge in [0.2, 0.25) is 5.89 Å². The third-order valence-electron chi connectivity index (χ3n) is 4.15. The Kier molecular flexibility index (Phi) is 3.14. The highest BCUT2D eigenvalue weighted by atomic mass is 16.5. The van der Waals surface area contributed by atoms with Gasteiger partial charge in [0, 0.05) is 12.3 Å². The summed E-state index contributed by atoms with van der Waals surface area (Å²) in [5.41, 5.74) is 0. The van der Waals surface area contributed by atoms with Gasteiger partial charge in [-0.25, -0.2) is 0 Å². The van der Waals surface area contributed by atoms with Crippen LogP contribution in [0.25, 0.3) is 0 Å². The van der Waals surface area contributed by atoms with Crippen molar-refractivity contribution in [3.05, 3.63) is 11.7 Å². The second-order valence-corrected chi connectivity index (χ2v) is 5.60. The van der Waals surface area contributed by atoms with Crippen molar-refractivity contribution in [2.24, 2.45) is 11.8 Å². The third-order valence-corrected chi connectivity index (χ3v) is 4.15. The highest BCUT2D eigenvalue weighted by Gasteiger charge is 2.38. The molecule has 17 heavy (non-hydrogen) atoms. The van der Waals surface area contributed by atoms with E-state index in [4.69, 9.17) is 4.52 Å². The van der Waals surface area contributed by atoms with E-state index >= 15 is 0 Å². The molecule has 0 aromatic carbocycles. The van der Waals surface area contributed by atoms with Gasteiger partial charge in [-0.15, -0.1) is 0 Å². The van der Waals surface area contributed by atoms with Crippen LogP contribution in [-0.2, 0) is 6.42 Å². The first-order valence-corrected chi connectivity index (χ1v) is 6.86. The minimum Gasteiger partial charge on any atom is -0.339 e. The highest BCUT2D eigenvalue weighted by Crippen LogP contribution is 2.45. The number of piperidine rings is 1. The Labute approximate surface area is 102 Å². The molecule has 1 N–H and O–H groups in total. The smallest absolute Gasteiger partial charge is 0.226 e. The number of hydrogen-bond donors (Lipinski definition) is 1. The molecule has 2 fully saturated rings. The fourth-order valence-corrected chi connectivity index (χ4v) is 2.70. The van der Waals surface area contributed by atoms with E-state index in [2.05, 4.69) is 22.4 Å². The van der Waals surface area contributed by atoms with Crippen LogP contribution in [-0.4, -0.2) is 23.2 Å². The lowest BCUT2D eigenvalue weighted by Crippen LogP contribution is -2.27. The maximum atomic E-state index is 5.33. The summed E-state index contributed by atoms with van der Waals surface area (Å²) in [6.45, 7) is 4.58. The van der Waals surface area contributed by atoms with E-state index in [1.807, 2.05) is 0 Å². The van der Waals surface area contributed by atoms with Crippen LogP contribution < -0.4 is 5.32 Å². The van der Waals surface area contributed by atoms with Crippen LogP contribution in [0.15, 0.2) is 4.52 Å². The monoisotopic (exact) mass is 235 g/mol. The van der Waals surface area contributed by atoms with Gasteiger partial charge in [-0.1, -0.05) is 12.1 Å². The molecule has 3 rings (SSSR count). The topological polar surface area (TPSA) is 51.0 Å². The zero-order chi connectivity index (χ0) is 11.7. The molecule has 1 aliphatic carbocycles. The molecule has 1 aromatic rings. The van der Waals surface area contributed by atoms with Crippen molar-refractivity contribution >= 4 is 0 Å². The molecule has 4 nitrogen and oxygen atoms in total. The molecular weight excluding hydrogens is 214 g/mol. The Morgan fingerprint density at radius 1 is 1.35 bits per heavy atom. The van der Waals surface area contributed by atoms with Crippen LogP contribution in [0.3, 0.4) is 0 Å². The lowest BCUT2D eigenvalue weighted by atomic mass is 9.93. The quantitative estimate of drug-likeness (QED) is 0.868. The number of aryl methyl sites for hydroxylation is 1. The maximum absolute atomic E-state index is 5.33. The van der Waals surface area contributed by atoms with Crippen molar-refractivity contribution in [2.45, 2.75) is 44.9 Å². The average Bonchev–Trinajstić information content (AvgIpc) is 2.92. The van der Waals surface area contributed by atoms with E-state index in [1.165, 1.54) is 38.8 Å². The molecule has 1 saturated carbocycles. The molecule has 0 bridgehead atoms. The number of rotatable bonds is 4. The molecule has 1 saturated heterocycles. The second kappa shape index (κ2) is 4.77. The summed E-state index contributed by atoms with van der Waals surface area (Å²) in [4.78, 5) is 4.51. The normalized spacial score (nSPS) is 29.5. The van der Waals surface area contributed by atoms with Crippen molar-refractivity contribution in [1.82, 2.24) is 15.5 Å². The molecule has 0 amide bonds. The van der Waals surface area contributed by atoms with E-state index in [0.717, 1.165) is 30.0 Å². The van der Waals surface area contributed by atoms with Crippen LogP contribution in [0, 0.1) is 11.8 Å². The van der Waals surface area contributed by atoms with Gasteiger partial charge in [-0.05, 0) is 50.6 Å². The van der Waals surface area contributed by atoms with E-state index in [0.29, 0.717) is 5.92 Å². The standard InChI is InChI=1S/C13H21N3O/c1-9-8-11(9)13-15-12(17-16-13)3-2-10-4-6-14-7-5-10/h9-11,14H,2-8H2,1H3. The number of aromatic nitrogens is 2. The molecule has 2 atom stereocenters. The summed E-state index contributed by atoms with van der Waals surface area (Å²) in [7, 11) is 0. The predicted molar refractivity (Wildman–Crippen MR) is 64.7 cm³/mol. The Hall–Kier alpha value is -0.900. The first-order chi connectivity index (χ1) is 8.33. The number of nitrogens with one attached hydrogen (secondary N) is 1. The van der Waals surface area contributed by atoms with Gasteiger partial charge in [-0.2, -0.15) is 4.98 Å². The molecule has 94 valence electrons. The maximum Gasteiger partial charge on any atom is 0.226 e. The van der Waals surface area contributed by atoms with Crippen LogP contribution in [0.5, 0.6) is 0 Å². The number of nitrogens with zero attached hydrogens (tertiary/aromatic N) is 2. The number of hydrogen-bond acceptors (Lipinski definition) is 4. The van der Waals surface area contributed by atoms with Crippen LogP contribution >= 0.6 is 0 Å². The molecule has 2 aliphatic rings. The Morgan fingerprint density at radius 3 is 2.82 bits per heavy atom. The van der Waals surface area contributed by atoms with Crippen molar-refractivity contribution < 1.29 is 4.52 Å². The summed E-state index contributed by atoms with van der Waals surface area (Å²) in [6.07, 6.45) is 5.97. The van der Waals surface area contributed by atoms with Gasteiger partial charge in [0.25, 0.3) is 0 Å². The van der Waals surface area contributed by atoms with Crippen LogP contribution in [0.1, 0.15) is 50.2 Å². The van der Waals surface area contributed by atoms with Crippen LogP contribution in [0.4, 0.5) is 0 Å². The molecule has 0 radical (unpaired) electrons. The Bertz CT molecular complexity index is 370. The zero-order valence-electron chi connectivity index (χ0n) is 10.5. The van der Waals surface area contributed by atoms with Gasteiger partial charge >= 0.3 is 0 Å². The zero-order valence-corrected chi connectivity index (χ0v) is 10.5. The summed E-state index contributed by atoms with van der Waals surface area (Å²) >= 11 is 0. The van der Waals surface area contributed by atoms with Crippen molar-refractivity contribution in [3.8, 4) is 0 Å². The van der Waals surface area contributed by atoms with Gasteiger partial charge in [0.15, 0.2) is 5.82 Å². The van der Waals surface area contributed by atoms with Crippen molar-refractivity contribution in [3.63, 3.8) is 0 Å². The third kappa shape index (κ3) is 2.68. The fraction of sp³-hybridized carbons (Fsp3) is 0.846. The van der Waals surface area contributed by atoms with Gasteiger partial charge in [-0.3, -0.25) is 0 Å². The fourth-order valence-electron chi connectivity index (χ4n) is 2.70. The first kappa shape index (κ1) is 11.2. The summed E-state index contributed by atoms with van der Waals surface area (Å²) in [6, 6.07) is 0. The molecule has 1 aromatic heterocycles. The molecule has 4 heteroatoms. The minimum absolute atomic E-state index is 0.575. The van der Waals surface area contributed by atoms with Gasteiger partial charge < -0.3 is 9.84 Å². The summed E-state index contributed by atoms with van der Waals surface area (Å²) in [5, 5.41) is 7.49. The molecule has 0 spiro atoms. The van der Waals surface area contributed by atoms with Gasteiger partial charge in [0.1, 0.15) is 0 Å². The van der Waals surface area contributed by atoms with Crippen molar-refractivity contribution in [1.29, 1.82) is 0 Å². The van der Waals surface area contributed by atoms with E-state index in [9.17, 15) is 0 Å². The largest absolute Gasteiger partial charge is 0.339 e. The van der Waals surface area contributed by atoms with E-state index < -0.39 is 0 Å². The van der Waals surface area contributed by atoms with Crippen molar-refractivity contribution in [2.75, 3.05) is 13.1 Å².